The molecule has 1 unspecified atom stereocenters. The van der Waals surface area contributed by atoms with Gasteiger partial charge in [0, 0.05) is 24.9 Å². The highest BCUT2D eigenvalue weighted by Crippen LogP contribution is 2.22. The number of carbonyl (C=O) groups excluding carboxylic acids is 2. The smallest absolute Gasteiger partial charge is 0.225 e. The Bertz CT molecular complexity index is 445. The van der Waals surface area contributed by atoms with Gasteiger partial charge in [-0.3, -0.25) is 9.59 Å². The Morgan fingerprint density at radius 3 is 2.85 bits per heavy atom. The van der Waals surface area contributed by atoms with Crippen molar-refractivity contribution in [2.24, 2.45) is 0 Å². The van der Waals surface area contributed by atoms with Crippen molar-refractivity contribution in [3.05, 3.63) is 35.0 Å². The number of thiophene rings is 1. The highest BCUT2D eigenvalue weighted by Gasteiger charge is 2.21. The minimum absolute atomic E-state index is 0.0939. The van der Waals surface area contributed by atoms with Gasteiger partial charge in [-0.2, -0.15) is 0 Å². The first kappa shape index (κ1) is 16.4. The summed E-state index contributed by atoms with van der Waals surface area (Å²) in [4.78, 5) is 26.0. The molecule has 1 heterocycles. The zero-order valence-electron chi connectivity index (χ0n) is 11.5. The van der Waals surface area contributed by atoms with Crippen molar-refractivity contribution in [2.75, 3.05) is 19.7 Å². The summed E-state index contributed by atoms with van der Waals surface area (Å²) in [6.07, 6.45) is 1.79. The lowest BCUT2D eigenvalue weighted by atomic mass is 10.1. The fourth-order valence-electron chi connectivity index (χ4n) is 1.86. The minimum atomic E-state index is -0.328. The van der Waals surface area contributed by atoms with E-state index < -0.39 is 0 Å². The predicted molar refractivity (Wildman–Crippen MR) is 79.4 cm³/mol. The third-order valence-corrected chi connectivity index (χ3v) is 3.70. The molecule has 0 aromatic carbocycles. The van der Waals surface area contributed by atoms with Crippen LogP contribution in [0.25, 0.3) is 0 Å². The van der Waals surface area contributed by atoms with E-state index in [0.29, 0.717) is 6.54 Å². The van der Waals surface area contributed by atoms with E-state index in [-0.39, 0.29) is 37.4 Å². The molecule has 0 saturated heterocycles. The number of hydrogen-bond donors (Lipinski definition) is 2. The van der Waals surface area contributed by atoms with Crippen molar-refractivity contribution in [3.63, 3.8) is 0 Å². The number of hydrogen-bond acceptors (Lipinski definition) is 4. The predicted octanol–water partition coefficient (Wildman–Crippen LogP) is 1.32. The van der Waals surface area contributed by atoms with Crippen LogP contribution in [-0.2, 0) is 9.59 Å². The molecule has 0 aliphatic heterocycles. The highest BCUT2D eigenvalue weighted by atomic mass is 32.1. The minimum Gasteiger partial charge on any atom is -0.395 e. The Labute approximate surface area is 122 Å². The molecule has 0 fully saturated rings. The first-order valence-electron chi connectivity index (χ1n) is 6.38. The van der Waals surface area contributed by atoms with E-state index in [1.165, 1.54) is 23.2 Å². The molecular weight excluding hydrogens is 276 g/mol. The summed E-state index contributed by atoms with van der Waals surface area (Å²) in [6, 6.07) is 3.45. The van der Waals surface area contributed by atoms with Crippen molar-refractivity contribution < 1.29 is 14.7 Å². The molecule has 1 aromatic heterocycles. The number of amides is 2. The van der Waals surface area contributed by atoms with Crippen LogP contribution in [0.3, 0.4) is 0 Å². The molecule has 2 amide bonds. The number of rotatable bonds is 8. The maximum absolute atomic E-state index is 12.2. The van der Waals surface area contributed by atoms with Gasteiger partial charge in [0.1, 0.15) is 0 Å². The average Bonchev–Trinajstić information content (AvgIpc) is 2.91. The Morgan fingerprint density at radius 1 is 1.60 bits per heavy atom. The Morgan fingerprint density at radius 2 is 2.35 bits per heavy atom. The van der Waals surface area contributed by atoms with E-state index in [9.17, 15) is 9.59 Å². The summed E-state index contributed by atoms with van der Waals surface area (Å²) in [5.74, 6) is -0.292. The van der Waals surface area contributed by atoms with Crippen LogP contribution >= 0.6 is 11.3 Å². The SMILES string of the molecule is C=CCN(CCO)C(=O)CC(NC(C)=O)c1cccs1. The van der Waals surface area contributed by atoms with Gasteiger partial charge in [0.05, 0.1) is 19.1 Å². The Kier molecular flexibility index (Phi) is 6.97. The van der Waals surface area contributed by atoms with Crippen molar-refractivity contribution in [3.8, 4) is 0 Å². The van der Waals surface area contributed by atoms with Crippen molar-refractivity contribution in [1.29, 1.82) is 0 Å². The standard InChI is InChI=1S/C14H20N2O3S/c1-3-6-16(7-8-17)14(19)10-12(15-11(2)18)13-5-4-9-20-13/h3-5,9,12,17H,1,6-8,10H2,2H3,(H,15,18). The van der Waals surface area contributed by atoms with Crippen LogP contribution in [0.15, 0.2) is 30.2 Å². The molecule has 1 atom stereocenters. The molecule has 20 heavy (non-hydrogen) atoms. The Balaban J connectivity index is 2.75. The molecule has 1 aromatic rings. The summed E-state index contributed by atoms with van der Waals surface area (Å²) in [5, 5.41) is 13.7. The summed E-state index contributed by atoms with van der Waals surface area (Å²) >= 11 is 1.50. The van der Waals surface area contributed by atoms with E-state index in [1.54, 1.807) is 6.08 Å². The second-order valence-corrected chi connectivity index (χ2v) is 5.30. The zero-order valence-corrected chi connectivity index (χ0v) is 12.4. The van der Waals surface area contributed by atoms with Crippen LogP contribution in [0.5, 0.6) is 0 Å². The zero-order chi connectivity index (χ0) is 15.0. The lowest BCUT2D eigenvalue weighted by molar-refractivity contribution is -0.132. The fourth-order valence-corrected chi connectivity index (χ4v) is 2.63. The van der Waals surface area contributed by atoms with Crippen molar-refractivity contribution >= 4 is 23.2 Å². The largest absolute Gasteiger partial charge is 0.395 e. The molecule has 5 nitrogen and oxygen atoms in total. The van der Waals surface area contributed by atoms with E-state index in [1.807, 2.05) is 17.5 Å². The number of nitrogens with one attached hydrogen (secondary N) is 1. The van der Waals surface area contributed by atoms with Crippen LogP contribution in [0.4, 0.5) is 0 Å². The van der Waals surface area contributed by atoms with Gasteiger partial charge in [-0.15, -0.1) is 17.9 Å². The highest BCUT2D eigenvalue weighted by molar-refractivity contribution is 7.10. The summed E-state index contributed by atoms with van der Waals surface area (Å²) in [6.45, 7) is 5.59. The maximum Gasteiger partial charge on any atom is 0.225 e. The molecular formula is C14H20N2O3S. The van der Waals surface area contributed by atoms with Gasteiger partial charge < -0.3 is 15.3 Å². The van der Waals surface area contributed by atoms with Crippen LogP contribution < -0.4 is 5.32 Å². The van der Waals surface area contributed by atoms with Gasteiger partial charge in [0.15, 0.2) is 0 Å². The molecule has 0 spiro atoms. The molecule has 0 saturated carbocycles. The van der Waals surface area contributed by atoms with Crippen LogP contribution in [-0.4, -0.2) is 41.5 Å². The van der Waals surface area contributed by atoms with Gasteiger partial charge >= 0.3 is 0 Å². The monoisotopic (exact) mass is 296 g/mol. The molecule has 0 bridgehead atoms. The number of nitrogens with zero attached hydrogens (tertiary/aromatic N) is 1. The molecule has 0 aliphatic carbocycles. The number of aliphatic hydroxyl groups excluding tert-OH is 1. The molecule has 110 valence electrons. The van der Waals surface area contributed by atoms with Crippen LogP contribution in [0.1, 0.15) is 24.3 Å². The lowest BCUT2D eigenvalue weighted by Crippen LogP contribution is -2.37. The Hall–Kier alpha value is -1.66. The first-order chi connectivity index (χ1) is 9.58. The van der Waals surface area contributed by atoms with Crippen LogP contribution in [0, 0.1) is 0 Å². The second-order valence-electron chi connectivity index (χ2n) is 4.32. The number of carbonyl (C=O) groups is 2. The van der Waals surface area contributed by atoms with E-state index in [4.69, 9.17) is 5.11 Å². The third-order valence-electron chi connectivity index (χ3n) is 2.71. The molecule has 6 heteroatoms. The quantitative estimate of drug-likeness (QED) is 0.711. The van der Waals surface area contributed by atoms with Gasteiger partial charge in [-0.1, -0.05) is 12.1 Å². The molecule has 0 radical (unpaired) electrons. The first-order valence-corrected chi connectivity index (χ1v) is 7.26. The van der Waals surface area contributed by atoms with Gasteiger partial charge in [-0.05, 0) is 11.4 Å². The maximum atomic E-state index is 12.2. The van der Waals surface area contributed by atoms with Gasteiger partial charge in [-0.25, -0.2) is 0 Å². The van der Waals surface area contributed by atoms with Crippen LogP contribution in [0.2, 0.25) is 0 Å². The topological polar surface area (TPSA) is 69.6 Å². The normalized spacial score (nSPS) is 11.7. The average molecular weight is 296 g/mol. The summed E-state index contributed by atoms with van der Waals surface area (Å²) in [7, 11) is 0. The second kappa shape index (κ2) is 8.50. The van der Waals surface area contributed by atoms with Crippen molar-refractivity contribution in [1.82, 2.24) is 10.2 Å². The summed E-state index contributed by atoms with van der Waals surface area (Å²) < 4.78 is 0. The molecule has 0 aliphatic rings. The van der Waals surface area contributed by atoms with Gasteiger partial charge in [0.25, 0.3) is 0 Å². The van der Waals surface area contributed by atoms with E-state index in [0.717, 1.165) is 4.88 Å². The summed E-state index contributed by atoms with van der Waals surface area (Å²) in [5.41, 5.74) is 0. The third kappa shape index (κ3) is 5.14. The van der Waals surface area contributed by atoms with E-state index >= 15 is 0 Å². The molecule has 2 N–H and O–H groups in total. The lowest BCUT2D eigenvalue weighted by Gasteiger charge is -2.23. The fraction of sp³-hybridized carbons (Fsp3) is 0.429. The number of aliphatic hydroxyl groups is 1. The molecule has 1 rings (SSSR count). The van der Waals surface area contributed by atoms with E-state index in [2.05, 4.69) is 11.9 Å². The van der Waals surface area contributed by atoms with Gasteiger partial charge in [0.2, 0.25) is 11.8 Å². The van der Waals surface area contributed by atoms with Crippen molar-refractivity contribution in [2.45, 2.75) is 19.4 Å².